The molecule has 0 saturated carbocycles. The van der Waals surface area contributed by atoms with Crippen LogP contribution < -0.4 is 10.4 Å². The van der Waals surface area contributed by atoms with Crippen molar-refractivity contribution in [2.45, 2.75) is 18.9 Å². The lowest BCUT2D eigenvalue weighted by molar-refractivity contribution is 0.603. The lowest BCUT2D eigenvalue weighted by Gasteiger charge is -2.18. The number of nitriles is 1. The summed E-state index contributed by atoms with van der Waals surface area (Å²) < 4.78 is 0. The van der Waals surface area contributed by atoms with Gasteiger partial charge < -0.3 is 5.01 Å². The highest BCUT2D eigenvalue weighted by Gasteiger charge is 2.20. The summed E-state index contributed by atoms with van der Waals surface area (Å²) in [6.45, 7) is 0.982. The first-order valence-electron chi connectivity index (χ1n) is 4.86. The van der Waals surface area contributed by atoms with Crippen LogP contribution in [0.5, 0.6) is 0 Å². The molecule has 72 valence electrons. The average Bonchev–Trinajstić information content (AvgIpc) is 2.68. The van der Waals surface area contributed by atoms with Gasteiger partial charge in [-0.25, -0.2) is 5.43 Å². The second-order valence-corrected chi connectivity index (χ2v) is 3.46. The molecule has 0 bridgehead atoms. The maximum atomic E-state index is 8.57. The smallest absolute Gasteiger partial charge is 0.0638 e. The predicted octanol–water partition coefficient (Wildman–Crippen LogP) is 1.68. The van der Waals surface area contributed by atoms with Crippen molar-refractivity contribution in [3.63, 3.8) is 0 Å². The number of benzene rings is 1. The molecule has 14 heavy (non-hydrogen) atoms. The third kappa shape index (κ3) is 1.86. The van der Waals surface area contributed by atoms with Crippen molar-refractivity contribution < 1.29 is 0 Å². The first-order chi connectivity index (χ1) is 6.90. The van der Waals surface area contributed by atoms with Gasteiger partial charge in [0.15, 0.2) is 0 Å². The van der Waals surface area contributed by atoms with Crippen LogP contribution in [0.25, 0.3) is 0 Å². The van der Waals surface area contributed by atoms with Gasteiger partial charge in [-0.1, -0.05) is 18.2 Å². The first-order valence-corrected chi connectivity index (χ1v) is 4.86. The molecule has 0 spiro atoms. The van der Waals surface area contributed by atoms with Crippen molar-refractivity contribution in [2.24, 2.45) is 0 Å². The van der Waals surface area contributed by atoms with E-state index in [4.69, 9.17) is 5.26 Å². The van der Waals surface area contributed by atoms with Gasteiger partial charge in [-0.3, -0.25) is 0 Å². The van der Waals surface area contributed by atoms with Gasteiger partial charge in [-0.2, -0.15) is 5.26 Å². The third-order valence-electron chi connectivity index (χ3n) is 2.45. The summed E-state index contributed by atoms with van der Waals surface area (Å²) in [5, 5.41) is 10.7. The normalized spacial score (nSPS) is 20.8. The molecular weight excluding hydrogens is 174 g/mol. The molecule has 1 atom stereocenters. The minimum atomic E-state index is 0.320. The van der Waals surface area contributed by atoms with Gasteiger partial charge in [0, 0.05) is 12.6 Å². The van der Waals surface area contributed by atoms with Gasteiger partial charge in [-0.05, 0) is 18.6 Å². The molecule has 0 aromatic heterocycles. The standard InChI is InChI=1S/C11H13N3/c12-8-6-10-7-9-14(13-10)11-4-2-1-3-5-11/h1-5,10,13H,6-7,9H2. The topological polar surface area (TPSA) is 39.1 Å². The highest BCUT2D eigenvalue weighted by Crippen LogP contribution is 2.17. The zero-order valence-electron chi connectivity index (χ0n) is 7.98. The van der Waals surface area contributed by atoms with E-state index in [0.717, 1.165) is 13.0 Å². The van der Waals surface area contributed by atoms with E-state index in [9.17, 15) is 0 Å². The van der Waals surface area contributed by atoms with Crippen molar-refractivity contribution in [2.75, 3.05) is 11.6 Å². The Labute approximate surface area is 83.9 Å². The Kier molecular flexibility index (Phi) is 2.66. The van der Waals surface area contributed by atoms with Crippen LogP contribution in [0.4, 0.5) is 5.69 Å². The molecule has 3 nitrogen and oxygen atoms in total. The van der Waals surface area contributed by atoms with Crippen LogP contribution in [0.2, 0.25) is 0 Å². The number of rotatable bonds is 2. The number of para-hydroxylation sites is 1. The van der Waals surface area contributed by atoms with Crippen LogP contribution in [0.15, 0.2) is 30.3 Å². The summed E-state index contributed by atoms with van der Waals surface area (Å²) in [6, 6.07) is 12.7. The van der Waals surface area contributed by atoms with Crippen LogP contribution in [-0.2, 0) is 0 Å². The SMILES string of the molecule is N#CCC1CCN(c2ccccc2)N1. The molecule has 0 amide bonds. The number of hydrazine groups is 1. The summed E-state index contributed by atoms with van der Waals surface area (Å²) >= 11 is 0. The van der Waals surface area contributed by atoms with E-state index in [1.165, 1.54) is 5.69 Å². The van der Waals surface area contributed by atoms with Gasteiger partial charge in [0.05, 0.1) is 18.2 Å². The molecule has 1 unspecified atom stereocenters. The molecule has 1 aromatic carbocycles. The largest absolute Gasteiger partial charge is 0.308 e. The van der Waals surface area contributed by atoms with E-state index < -0.39 is 0 Å². The molecule has 1 saturated heterocycles. The van der Waals surface area contributed by atoms with E-state index in [1.54, 1.807) is 0 Å². The Morgan fingerprint density at radius 3 is 2.93 bits per heavy atom. The fourth-order valence-corrected chi connectivity index (χ4v) is 1.70. The number of hydrogen-bond donors (Lipinski definition) is 1. The quantitative estimate of drug-likeness (QED) is 0.765. The van der Waals surface area contributed by atoms with E-state index in [1.807, 2.05) is 18.2 Å². The number of nitrogens with one attached hydrogen (secondary N) is 1. The molecule has 1 fully saturated rings. The van der Waals surface area contributed by atoms with Gasteiger partial charge in [0.2, 0.25) is 0 Å². The summed E-state index contributed by atoms with van der Waals surface area (Å²) in [7, 11) is 0. The molecule has 3 heteroatoms. The lowest BCUT2D eigenvalue weighted by Crippen LogP contribution is -2.35. The molecule has 1 N–H and O–H groups in total. The number of nitrogens with zero attached hydrogens (tertiary/aromatic N) is 2. The van der Waals surface area contributed by atoms with Crippen molar-refractivity contribution in [1.82, 2.24) is 5.43 Å². The van der Waals surface area contributed by atoms with E-state index >= 15 is 0 Å². The third-order valence-corrected chi connectivity index (χ3v) is 2.45. The van der Waals surface area contributed by atoms with Crippen molar-refractivity contribution >= 4 is 5.69 Å². The van der Waals surface area contributed by atoms with Crippen molar-refractivity contribution in [3.8, 4) is 6.07 Å². The molecule has 1 aromatic rings. The Hall–Kier alpha value is -1.53. The Morgan fingerprint density at radius 2 is 2.21 bits per heavy atom. The Morgan fingerprint density at radius 1 is 1.43 bits per heavy atom. The Balaban J connectivity index is 2.00. The van der Waals surface area contributed by atoms with E-state index in [0.29, 0.717) is 12.5 Å². The summed E-state index contributed by atoms with van der Waals surface area (Å²) in [6.07, 6.45) is 1.63. The van der Waals surface area contributed by atoms with Crippen molar-refractivity contribution in [3.05, 3.63) is 30.3 Å². The van der Waals surface area contributed by atoms with Crippen LogP contribution in [-0.4, -0.2) is 12.6 Å². The Bertz CT molecular complexity index is 328. The maximum Gasteiger partial charge on any atom is 0.0638 e. The number of hydrogen-bond acceptors (Lipinski definition) is 3. The lowest BCUT2D eigenvalue weighted by atomic mass is 10.2. The van der Waals surface area contributed by atoms with Gasteiger partial charge in [0.25, 0.3) is 0 Å². The predicted molar refractivity (Wildman–Crippen MR) is 55.6 cm³/mol. The molecular formula is C11H13N3. The summed E-state index contributed by atoms with van der Waals surface area (Å²) in [4.78, 5) is 0. The van der Waals surface area contributed by atoms with Gasteiger partial charge in [0.1, 0.15) is 0 Å². The van der Waals surface area contributed by atoms with Gasteiger partial charge in [-0.15, -0.1) is 0 Å². The van der Waals surface area contributed by atoms with Gasteiger partial charge >= 0.3 is 0 Å². The zero-order chi connectivity index (χ0) is 9.80. The molecule has 0 radical (unpaired) electrons. The fourth-order valence-electron chi connectivity index (χ4n) is 1.70. The molecule has 1 aliphatic rings. The average molecular weight is 187 g/mol. The first kappa shape index (κ1) is 9.04. The zero-order valence-corrected chi connectivity index (χ0v) is 7.98. The van der Waals surface area contributed by atoms with Crippen LogP contribution in [0, 0.1) is 11.3 Å². The molecule has 0 aliphatic carbocycles. The molecule has 1 aliphatic heterocycles. The van der Waals surface area contributed by atoms with Crippen molar-refractivity contribution in [1.29, 1.82) is 5.26 Å². The summed E-state index contributed by atoms with van der Waals surface area (Å²) in [5.74, 6) is 0. The second kappa shape index (κ2) is 4.12. The maximum absolute atomic E-state index is 8.57. The second-order valence-electron chi connectivity index (χ2n) is 3.46. The monoisotopic (exact) mass is 187 g/mol. The summed E-state index contributed by atoms with van der Waals surface area (Å²) in [5.41, 5.74) is 4.49. The fraction of sp³-hybridized carbons (Fsp3) is 0.364. The van der Waals surface area contributed by atoms with Crippen LogP contribution >= 0.6 is 0 Å². The highest BCUT2D eigenvalue weighted by atomic mass is 15.5. The minimum absolute atomic E-state index is 0.320. The molecule has 2 rings (SSSR count). The van der Waals surface area contributed by atoms with E-state index in [-0.39, 0.29) is 0 Å². The highest BCUT2D eigenvalue weighted by molar-refractivity contribution is 5.45. The van der Waals surface area contributed by atoms with E-state index in [2.05, 4.69) is 28.6 Å². The van der Waals surface area contributed by atoms with Crippen LogP contribution in [0.3, 0.4) is 0 Å². The number of anilines is 1. The van der Waals surface area contributed by atoms with Crippen LogP contribution in [0.1, 0.15) is 12.8 Å². The molecule has 1 heterocycles. The minimum Gasteiger partial charge on any atom is -0.308 e.